The zero-order chi connectivity index (χ0) is 14.0. The number of carbonyl (C=O) groups is 3. The Balaban J connectivity index is 2.21. The molecule has 5 nitrogen and oxygen atoms in total. The van der Waals surface area contributed by atoms with Gasteiger partial charge in [0.15, 0.2) is 0 Å². The summed E-state index contributed by atoms with van der Waals surface area (Å²) in [6.07, 6.45) is 0.0284. The van der Waals surface area contributed by atoms with Crippen LogP contribution in [0.2, 0.25) is 0 Å². The van der Waals surface area contributed by atoms with Crippen LogP contribution in [0.15, 0.2) is 18.2 Å². The van der Waals surface area contributed by atoms with Gasteiger partial charge in [-0.25, -0.2) is 4.39 Å². The number of amides is 2. The standard InChI is InChI=1S/C13H13FN2O3/c1-2-15-10(17)6-7-16-11-8(12(18)13(16)19)4-3-5-9(11)14/h3-5H,2,6-7H2,1H3,(H,15,17). The summed E-state index contributed by atoms with van der Waals surface area (Å²) in [5.74, 6) is -2.39. The molecule has 2 rings (SSSR count). The molecule has 1 aliphatic heterocycles. The molecule has 6 heteroatoms. The second-order valence-corrected chi connectivity index (χ2v) is 4.13. The minimum atomic E-state index is -0.788. The lowest BCUT2D eigenvalue weighted by atomic mass is 10.1. The summed E-state index contributed by atoms with van der Waals surface area (Å²) >= 11 is 0. The summed E-state index contributed by atoms with van der Waals surface area (Å²) in [6, 6.07) is 3.97. The van der Waals surface area contributed by atoms with Gasteiger partial charge in [-0.1, -0.05) is 6.07 Å². The summed E-state index contributed by atoms with van der Waals surface area (Å²) in [6.45, 7) is 2.25. The molecule has 1 N–H and O–H groups in total. The van der Waals surface area contributed by atoms with E-state index in [0.717, 1.165) is 4.90 Å². The van der Waals surface area contributed by atoms with Crippen LogP contribution in [-0.2, 0) is 9.59 Å². The second-order valence-electron chi connectivity index (χ2n) is 4.13. The third kappa shape index (κ3) is 2.33. The van der Waals surface area contributed by atoms with E-state index in [9.17, 15) is 18.8 Å². The number of nitrogens with zero attached hydrogens (tertiary/aromatic N) is 1. The van der Waals surface area contributed by atoms with E-state index in [-0.39, 0.29) is 30.1 Å². The Labute approximate surface area is 109 Å². The Morgan fingerprint density at radius 2 is 2.11 bits per heavy atom. The van der Waals surface area contributed by atoms with Crippen molar-refractivity contribution in [3.63, 3.8) is 0 Å². The molecule has 0 atom stereocenters. The average molecular weight is 264 g/mol. The van der Waals surface area contributed by atoms with Gasteiger partial charge in [0.1, 0.15) is 5.82 Å². The van der Waals surface area contributed by atoms with Crippen molar-refractivity contribution in [2.45, 2.75) is 13.3 Å². The monoisotopic (exact) mass is 264 g/mol. The fourth-order valence-electron chi connectivity index (χ4n) is 2.02. The highest BCUT2D eigenvalue weighted by atomic mass is 19.1. The molecule has 100 valence electrons. The van der Waals surface area contributed by atoms with Crippen LogP contribution in [0.25, 0.3) is 0 Å². The van der Waals surface area contributed by atoms with Gasteiger partial charge < -0.3 is 10.2 Å². The van der Waals surface area contributed by atoms with Gasteiger partial charge in [0.05, 0.1) is 11.3 Å². The second kappa shape index (κ2) is 5.17. The molecule has 1 aromatic carbocycles. The van der Waals surface area contributed by atoms with Crippen molar-refractivity contribution in [1.82, 2.24) is 5.32 Å². The quantitative estimate of drug-likeness (QED) is 0.821. The van der Waals surface area contributed by atoms with E-state index in [1.165, 1.54) is 18.2 Å². The maximum atomic E-state index is 13.7. The van der Waals surface area contributed by atoms with Crippen LogP contribution in [0.3, 0.4) is 0 Å². The topological polar surface area (TPSA) is 66.5 Å². The molecule has 0 saturated heterocycles. The van der Waals surface area contributed by atoms with Crippen LogP contribution in [0.4, 0.5) is 10.1 Å². The molecule has 19 heavy (non-hydrogen) atoms. The van der Waals surface area contributed by atoms with Crippen LogP contribution in [0.5, 0.6) is 0 Å². The summed E-state index contributed by atoms with van der Waals surface area (Å²) in [5.41, 5.74) is 0.0303. The number of halogens is 1. The number of para-hydroxylation sites is 1. The first-order valence-electron chi connectivity index (χ1n) is 5.97. The summed E-state index contributed by atoms with van der Waals surface area (Å²) in [7, 11) is 0. The van der Waals surface area contributed by atoms with E-state index in [1.807, 2.05) is 0 Å². The molecule has 1 aromatic rings. The number of hydrogen-bond acceptors (Lipinski definition) is 3. The van der Waals surface area contributed by atoms with Crippen molar-refractivity contribution in [3.05, 3.63) is 29.6 Å². The third-order valence-corrected chi connectivity index (χ3v) is 2.88. The highest BCUT2D eigenvalue weighted by Crippen LogP contribution is 2.31. The molecule has 0 spiro atoms. The molecule has 2 amide bonds. The van der Waals surface area contributed by atoms with Crippen molar-refractivity contribution < 1.29 is 18.8 Å². The van der Waals surface area contributed by atoms with Crippen LogP contribution in [0.1, 0.15) is 23.7 Å². The van der Waals surface area contributed by atoms with E-state index in [4.69, 9.17) is 0 Å². The molecule has 0 aromatic heterocycles. The Bertz CT molecular complexity index is 557. The van der Waals surface area contributed by atoms with Crippen LogP contribution >= 0.6 is 0 Å². The Morgan fingerprint density at radius 1 is 1.37 bits per heavy atom. The SMILES string of the molecule is CCNC(=O)CCN1C(=O)C(=O)c2cccc(F)c21. The van der Waals surface area contributed by atoms with Gasteiger partial charge in [-0.05, 0) is 19.1 Å². The number of hydrogen-bond donors (Lipinski definition) is 1. The Morgan fingerprint density at radius 3 is 2.79 bits per heavy atom. The van der Waals surface area contributed by atoms with Gasteiger partial charge in [0, 0.05) is 19.5 Å². The van der Waals surface area contributed by atoms with E-state index in [2.05, 4.69) is 5.32 Å². The number of ketones is 1. The van der Waals surface area contributed by atoms with E-state index in [0.29, 0.717) is 6.54 Å². The number of benzene rings is 1. The fraction of sp³-hybridized carbons (Fsp3) is 0.308. The highest BCUT2D eigenvalue weighted by Gasteiger charge is 2.37. The average Bonchev–Trinajstić information content (AvgIpc) is 2.62. The van der Waals surface area contributed by atoms with Crippen LogP contribution in [-0.4, -0.2) is 30.7 Å². The predicted molar refractivity (Wildman–Crippen MR) is 66.4 cm³/mol. The van der Waals surface area contributed by atoms with Gasteiger partial charge in [-0.3, -0.25) is 14.4 Å². The summed E-state index contributed by atoms with van der Waals surface area (Å²) in [5, 5.41) is 2.58. The maximum absolute atomic E-state index is 13.7. The lowest BCUT2D eigenvalue weighted by Crippen LogP contribution is -2.34. The molecule has 0 fully saturated rings. The largest absolute Gasteiger partial charge is 0.356 e. The van der Waals surface area contributed by atoms with Crippen molar-refractivity contribution >= 4 is 23.3 Å². The number of anilines is 1. The first-order chi connectivity index (χ1) is 9.06. The minimum Gasteiger partial charge on any atom is -0.356 e. The zero-order valence-corrected chi connectivity index (χ0v) is 10.4. The van der Waals surface area contributed by atoms with Gasteiger partial charge in [-0.15, -0.1) is 0 Å². The van der Waals surface area contributed by atoms with E-state index in [1.54, 1.807) is 6.92 Å². The maximum Gasteiger partial charge on any atom is 0.299 e. The third-order valence-electron chi connectivity index (χ3n) is 2.88. The van der Waals surface area contributed by atoms with Crippen LogP contribution < -0.4 is 10.2 Å². The normalized spacial score (nSPS) is 13.7. The number of rotatable bonds is 4. The first kappa shape index (κ1) is 13.2. The number of Topliss-reactive ketones (excluding diaryl/α,β-unsaturated/α-hetero) is 1. The lowest BCUT2D eigenvalue weighted by molar-refractivity contribution is -0.120. The molecule has 0 saturated carbocycles. The van der Waals surface area contributed by atoms with Gasteiger partial charge in [0.2, 0.25) is 5.91 Å². The molecule has 0 radical (unpaired) electrons. The highest BCUT2D eigenvalue weighted by molar-refractivity contribution is 6.52. The molecule has 0 unspecified atom stereocenters. The minimum absolute atomic E-state index is 0.00958. The van der Waals surface area contributed by atoms with Crippen molar-refractivity contribution in [1.29, 1.82) is 0 Å². The van der Waals surface area contributed by atoms with Gasteiger partial charge in [-0.2, -0.15) is 0 Å². The predicted octanol–water partition coefficient (Wildman–Crippen LogP) is 0.881. The molecule has 1 heterocycles. The van der Waals surface area contributed by atoms with Crippen LogP contribution in [0, 0.1) is 5.82 Å². The smallest absolute Gasteiger partial charge is 0.299 e. The van der Waals surface area contributed by atoms with Crippen molar-refractivity contribution in [2.75, 3.05) is 18.0 Å². The molecule has 0 aliphatic carbocycles. The Hall–Kier alpha value is -2.24. The van der Waals surface area contributed by atoms with E-state index >= 15 is 0 Å². The summed E-state index contributed by atoms with van der Waals surface area (Å²) in [4.78, 5) is 35.8. The van der Waals surface area contributed by atoms with Gasteiger partial charge in [0.25, 0.3) is 11.7 Å². The number of nitrogens with one attached hydrogen (secondary N) is 1. The zero-order valence-electron chi connectivity index (χ0n) is 10.4. The Kier molecular flexibility index (Phi) is 3.59. The molecular weight excluding hydrogens is 251 g/mol. The molecule has 1 aliphatic rings. The van der Waals surface area contributed by atoms with Gasteiger partial charge >= 0.3 is 0 Å². The fourth-order valence-corrected chi connectivity index (χ4v) is 2.02. The molecule has 0 bridgehead atoms. The van der Waals surface area contributed by atoms with Crippen molar-refractivity contribution in [2.24, 2.45) is 0 Å². The van der Waals surface area contributed by atoms with Crippen molar-refractivity contribution in [3.8, 4) is 0 Å². The lowest BCUT2D eigenvalue weighted by Gasteiger charge is -2.16. The molecular formula is C13H13FN2O3. The number of carbonyl (C=O) groups excluding carboxylic acids is 3. The first-order valence-corrected chi connectivity index (χ1v) is 5.97. The summed E-state index contributed by atoms with van der Waals surface area (Å²) < 4.78 is 13.7. The number of fused-ring (bicyclic) bond motifs is 1. The van der Waals surface area contributed by atoms with E-state index < -0.39 is 17.5 Å².